The van der Waals surface area contributed by atoms with E-state index in [-0.39, 0.29) is 23.6 Å². The Labute approximate surface area is 169 Å². The van der Waals surface area contributed by atoms with Crippen LogP contribution in [0.5, 0.6) is 0 Å². The van der Waals surface area contributed by atoms with Gasteiger partial charge < -0.3 is 19.9 Å². The number of pyridine rings is 1. The van der Waals surface area contributed by atoms with Gasteiger partial charge in [0.15, 0.2) is 0 Å². The van der Waals surface area contributed by atoms with E-state index >= 15 is 0 Å². The van der Waals surface area contributed by atoms with Gasteiger partial charge in [-0.2, -0.15) is 0 Å². The van der Waals surface area contributed by atoms with Crippen LogP contribution in [0.1, 0.15) is 17.3 Å². The molecule has 2 amide bonds. The quantitative estimate of drug-likeness (QED) is 0.654. The summed E-state index contributed by atoms with van der Waals surface area (Å²) in [7, 11) is 1.57. The van der Waals surface area contributed by atoms with Crippen molar-refractivity contribution in [3.8, 4) is 0 Å². The zero-order valence-electron chi connectivity index (χ0n) is 15.3. The van der Waals surface area contributed by atoms with E-state index in [1.165, 1.54) is 35.2 Å². The average Bonchev–Trinajstić information content (AvgIpc) is 2.70. The zero-order valence-corrected chi connectivity index (χ0v) is 16.0. The molecule has 1 atom stereocenters. The second-order valence-electron chi connectivity index (χ2n) is 6.74. The molecule has 0 saturated heterocycles. The van der Waals surface area contributed by atoms with Crippen LogP contribution in [0.25, 0.3) is 10.8 Å². The lowest BCUT2D eigenvalue weighted by molar-refractivity contribution is 0.0527. The number of nitrogens with one attached hydrogen (secondary N) is 2. The third-order valence-electron chi connectivity index (χ3n) is 4.92. The van der Waals surface area contributed by atoms with Crippen molar-refractivity contribution in [2.24, 2.45) is 0 Å². The molecule has 1 aliphatic heterocycles. The van der Waals surface area contributed by atoms with E-state index in [0.717, 1.165) is 6.07 Å². The van der Waals surface area contributed by atoms with E-state index in [2.05, 4.69) is 10.3 Å². The van der Waals surface area contributed by atoms with Crippen molar-refractivity contribution in [1.82, 2.24) is 9.88 Å². The molecule has 0 bridgehead atoms. The first kappa shape index (κ1) is 19.4. The summed E-state index contributed by atoms with van der Waals surface area (Å²) in [6.45, 7) is 0.372. The molecule has 0 saturated carbocycles. The van der Waals surface area contributed by atoms with Crippen molar-refractivity contribution >= 4 is 34.1 Å². The Hall–Kier alpha value is -2.97. The molecular formula is C20H16ClF2N3O3. The van der Waals surface area contributed by atoms with E-state index in [9.17, 15) is 18.4 Å². The predicted molar refractivity (Wildman–Crippen MR) is 105 cm³/mol. The number of benzene rings is 2. The van der Waals surface area contributed by atoms with Gasteiger partial charge >= 0.3 is 6.03 Å². The minimum absolute atomic E-state index is 0.109. The van der Waals surface area contributed by atoms with Crippen LogP contribution in [0.2, 0.25) is 5.02 Å². The lowest BCUT2D eigenvalue weighted by Gasteiger charge is -2.33. The monoisotopic (exact) mass is 419 g/mol. The third kappa shape index (κ3) is 3.56. The van der Waals surface area contributed by atoms with Crippen molar-refractivity contribution in [3.63, 3.8) is 0 Å². The molecule has 1 aromatic heterocycles. The molecule has 9 heteroatoms. The van der Waals surface area contributed by atoms with Crippen LogP contribution in [0.15, 0.2) is 41.2 Å². The SMILES string of the molecule is CN(C(=O)Nc1ccc(F)c(Cl)c1)[C@@H]1COCc2[nH]c(=O)c3cc(F)ccc3c21. The molecule has 1 aliphatic rings. The number of rotatable bonds is 2. The molecule has 0 spiro atoms. The lowest BCUT2D eigenvalue weighted by Crippen LogP contribution is -2.39. The summed E-state index contributed by atoms with van der Waals surface area (Å²) >= 11 is 5.76. The molecule has 0 aliphatic carbocycles. The van der Waals surface area contributed by atoms with Gasteiger partial charge in [-0.3, -0.25) is 4.79 Å². The third-order valence-corrected chi connectivity index (χ3v) is 5.21. The van der Waals surface area contributed by atoms with Crippen LogP contribution >= 0.6 is 11.6 Å². The maximum atomic E-state index is 13.6. The molecule has 0 radical (unpaired) electrons. The van der Waals surface area contributed by atoms with Gasteiger partial charge in [-0.1, -0.05) is 17.7 Å². The van der Waals surface area contributed by atoms with Crippen molar-refractivity contribution in [3.05, 3.63) is 74.7 Å². The van der Waals surface area contributed by atoms with Crippen LogP contribution < -0.4 is 10.9 Å². The van der Waals surface area contributed by atoms with Gasteiger partial charge in [-0.25, -0.2) is 13.6 Å². The van der Waals surface area contributed by atoms with E-state index in [1.807, 2.05) is 0 Å². The lowest BCUT2D eigenvalue weighted by atomic mass is 9.96. The Morgan fingerprint density at radius 2 is 2.03 bits per heavy atom. The number of anilines is 1. The van der Waals surface area contributed by atoms with Gasteiger partial charge in [0.2, 0.25) is 0 Å². The molecule has 6 nitrogen and oxygen atoms in total. The summed E-state index contributed by atoms with van der Waals surface area (Å²) in [5.74, 6) is -1.11. The number of halogens is 3. The van der Waals surface area contributed by atoms with Crippen molar-refractivity contribution in [2.45, 2.75) is 12.6 Å². The van der Waals surface area contributed by atoms with Gasteiger partial charge in [-0.15, -0.1) is 0 Å². The van der Waals surface area contributed by atoms with Gasteiger partial charge in [0.05, 0.1) is 29.7 Å². The first-order valence-corrected chi connectivity index (χ1v) is 9.14. The molecule has 2 heterocycles. The molecule has 4 rings (SSSR count). The molecule has 2 aromatic carbocycles. The normalized spacial score (nSPS) is 15.8. The molecule has 0 unspecified atom stereocenters. The Morgan fingerprint density at radius 1 is 1.24 bits per heavy atom. The van der Waals surface area contributed by atoms with E-state index in [4.69, 9.17) is 16.3 Å². The number of nitrogens with zero attached hydrogens (tertiary/aromatic N) is 1. The fourth-order valence-electron chi connectivity index (χ4n) is 3.46. The Bertz CT molecular complexity index is 1180. The fraction of sp³-hybridized carbons (Fsp3) is 0.200. The summed E-state index contributed by atoms with van der Waals surface area (Å²) in [6.07, 6.45) is 0. The number of hydrogen-bond donors (Lipinski definition) is 2. The van der Waals surface area contributed by atoms with Gasteiger partial charge in [0, 0.05) is 24.0 Å². The summed E-state index contributed by atoms with van der Waals surface area (Å²) < 4.78 is 32.5. The number of ether oxygens (including phenoxy) is 1. The van der Waals surface area contributed by atoms with Gasteiger partial charge in [-0.05, 0) is 35.7 Å². The number of carbonyl (C=O) groups excluding carboxylic acids is 1. The number of aromatic nitrogens is 1. The topological polar surface area (TPSA) is 74.4 Å². The standard InChI is InChI=1S/C20H16ClF2N3O3/c1-26(20(28)24-11-3-5-15(23)14(21)7-11)17-9-29-8-16-18(17)12-4-2-10(22)6-13(12)19(27)25-16/h2-7,17H,8-9H2,1H3,(H,24,28)(H,25,27)/t17-/m1/s1. The Morgan fingerprint density at radius 3 is 2.79 bits per heavy atom. The molecule has 29 heavy (non-hydrogen) atoms. The summed E-state index contributed by atoms with van der Waals surface area (Å²) in [5.41, 5.74) is 1.14. The van der Waals surface area contributed by atoms with Crippen LogP contribution in [-0.4, -0.2) is 29.6 Å². The molecular weight excluding hydrogens is 404 g/mol. The molecule has 150 valence electrons. The second kappa shape index (κ2) is 7.46. The van der Waals surface area contributed by atoms with Crippen molar-refractivity contribution < 1.29 is 18.3 Å². The van der Waals surface area contributed by atoms with Gasteiger partial charge in [0.25, 0.3) is 5.56 Å². The highest BCUT2D eigenvalue weighted by atomic mass is 35.5. The number of aromatic amines is 1. The van der Waals surface area contributed by atoms with Crippen LogP contribution in [0, 0.1) is 11.6 Å². The first-order valence-electron chi connectivity index (χ1n) is 8.76. The predicted octanol–water partition coefficient (Wildman–Crippen LogP) is 4.19. The minimum atomic E-state index is -0.588. The van der Waals surface area contributed by atoms with Crippen LogP contribution in [0.4, 0.5) is 19.3 Å². The van der Waals surface area contributed by atoms with E-state index in [0.29, 0.717) is 22.3 Å². The average molecular weight is 420 g/mol. The Balaban J connectivity index is 1.70. The second-order valence-corrected chi connectivity index (χ2v) is 7.14. The number of fused-ring (bicyclic) bond motifs is 3. The minimum Gasteiger partial charge on any atom is -0.373 e. The summed E-state index contributed by atoms with van der Waals surface area (Å²) in [4.78, 5) is 29.2. The number of urea groups is 1. The Kier molecular flexibility index (Phi) is 4.97. The number of hydrogen-bond acceptors (Lipinski definition) is 3. The number of carbonyl (C=O) groups is 1. The zero-order chi connectivity index (χ0) is 20.7. The maximum absolute atomic E-state index is 13.6. The van der Waals surface area contributed by atoms with Crippen LogP contribution in [-0.2, 0) is 11.3 Å². The summed E-state index contributed by atoms with van der Waals surface area (Å²) in [6, 6.07) is 6.83. The fourth-order valence-corrected chi connectivity index (χ4v) is 3.64. The molecule has 2 N–H and O–H groups in total. The molecule has 0 fully saturated rings. The van der Waals surface area contributed by atoms with Crippen LogP contribution in [0.3, 0.4) is 0 Å². The van der Waals surface area contributed by atoms with Crippen molar-refractivity contribution in [1.29, 1.82) is 0 Å². The first-order chi connectivity index (χ1) is 13.8. The highest BCUT2D eigenvalue weighted by molar-refractivity contribution is 6.31. The largest absolute Gasteiger partial charge is 0.373 e. The van der Waals surface area contributed by atoms with E-state index < -0.39 is 29.3 Å². The number of H-pyrrole nitrogens is 1. The van der Waals surface area contributed by atoms with Crippen molar-refractivity contribution in [2.75, 3.05) is 19.0 Å². The highest BCUT2D eigenvalue weighted by Gasteiger charge is 2.30. The maximum Gasteiger partial charge on any atom is 0.322 e. The highest BCUT2D eigenvalue weighted by Crippen LogP contribution is 2.33. The van der Waals surface area contributed by atoms with E-state index in [1.54, 1.807) is 7.05 Å². The number of likely N-dealkylation sites (N-methyl/N-ethyl adjacent to an activating group) is 1. The number of amides is 2. The smallest absolute Gasteiger partial charge is 0.322 e. The summed E-state index contributed by atoms with van der Waals surface area (Å²) in [5, 5.41) is 3.31. The van der Waals surface area contributed by atoms with Gasteiger partial charge in [0.1, 0.15) is 11.6 Å². The molecule has 3 aromatic rings.